The van der Waals surface area contributed by atoms with E-state index in [1.165, 1.54) is 5.56 Å². The first kappa shape index (κ1) is 21.1. The van der Waals surface area contributed by atoms with Crippen LogP contribution in [-0.4, -0.2) is 45.8 Å². The maximum absolute atomic E-state index is 12.6. The Kier molecular flexibility index (Phi) is 5.75. The molecule has 168 valence electrons. The van der Waals surface area contributed by atoms with Crippen molar-refractivity contribution in [1.82, 2.24) is 19.9 Å². The molecule has 1 aliphatic heterocycles. The zero-order valence-electron chi connectivity index (χ0n) is 18.4. The molecule has 2 N–H and O–H groups in total. The van der Waals surface area contributed by atoms with Crippen LogP contribution in [0.25, 0.3) is 21.9 Å². The van der Waals surface area contributed by atoms with Crippen LogP contribution < -0.4 is 15.6 Å². The van der Waals surface area contributed by atoms with E-state index in [-0.39, 0.29) is 5.56 Å². The molecule has 0 atom stereocenters. The molecule has 0 saturated carbocycles. The molecule has 8 heteroatoms. The van der Waals surface area contributed by atoms with Crippen LogP contribution in [0.3, 0.4) is 0 Å². The summed E-state index contributed by atoms with van der Waals surface area (Å²) in [5, 5.41) is 4.45. The number of ether oxygens (including phenoxy) is 1. The monoisotopic (exact) mass is 443 g/mol. The molecule has 5 rings (SSSR count). The average molecular weight is 444 g/mol. The molecule has 0 spiro atoms. The number of anilines is 1. The number of nitrogens with one attached hydrogen (secondary N) is 2. The van der Waals surface area contributed by atoms with Crippen molar-refractivity contribution >= 4 is 33.7 Å². The third-order valence-electron chi connectivity index (χ3n) is 6.00. The van der Waals surface area contributed by atoms with Gasteiger partial charge in [0, 0.05) is 44.4 Å². The lowest BCUT2D eigenvalue weighted by molar-refractivity contribution is -0.121. The number of ketones is 1. The van der Waals surface area contributed by atoms with Gasteiger partial charge in [-0.1, -0.05) is 24.3 Å². The third-order valence-corrected chi connectivity index (χ3v) is 6.00. The summed E-state index contributed by atoms with van der Waals surface area (Å²) in [5.41, 5.74) is 3.21. The number of carbonyl (C=O) groups is 1. The Hall–Kier alpha value is -3.78. The van der Waals surface area contributed by atoms with E-state index in [4.69, 9.17) is 4.74 Å². The molecule has 0 radical (unpaired) electrons. The maximum atomic E-state index is 12.6. The molecule has 8 nitrogen and oxygen atoms in total. The number of fused-ring (bicyclic) bond motifs is 2. The number of aromatic amines is 1. The number of hydrogen-bond acceptors (Lipinski definition) is 7. The lowest BCUT2D eigenvalue weighted by atomic mass is 10.1. The highest BCUT2D eigenvalue weighted by Crippen LogP contribution is 2.22. The van der Waals surface area contributed by atoms with Gasteiger partial charge in [0.2, 0.25) is 5.95 Å². The van der Waals surface area contributed by atoms with Gasteiger partial charge in [0.15, 0.2) is 5.65 Å². The van der Waals surface area contributed by atoms with Crippen molar-refractivity contribution in [2.45, 2.75) is 25.9 Å². The summed E-state index contributed by atoms with van der Waals surface area (Å²) in [6, 6.07) is 15.7. The third kappa shape index (κ3) is 4.70. The number of hydrogen-bond donors (Lipinski definition) is 2. The van der Waals surface area contributed by atoms with Gasteiger partial charge in [0.05, 0.1) is 18.0 Å². The van der Waals surface area contributed by atoms with E-state index in [2.05, 4.69) is 49.4 Å². The number of likely N-dealkylation sites (tertiary alicyclic amines) is 1. The van der Waals surface area contributed by atoms with E-state index in [9.17, 15) is 9.59 Å². The number of methoxy groups -OCH3 is 1. The summed E-state index contributed by atoms with van der Waals surface area (Å²) < 4.78 is 5.25. The molecule has 0 bridgehead atoms. The fourth-order valence-corrected chi connectivity index (χ4v) is 4.08. The zero-order valence-corrected chi connectivity index (χ0v) is 18.4. The minimum absolute atomic E-state index is 0.241. The van der Waals surface area contributed by atoms with Gasteiger partial charge in [-0.15, -0.1) is 0 Å². The predicted octanol–water partition coefficient (Wildman–Crippen LogP) is 3.26. The van der Waals surface area contributed by atoms with Crippen LogP contribution in [0.1, 0.15) is 24.0 Å². The summed E-state index contributed by atoms with van der Waals surface area (Å²) in [7, 11) is 1.60. The highest BCUT2D eigenvalue weighted by atomic mass is 16.5. The van der Waals surface area contributed by atoms with Crippen LogP contribution in [0.15, 0.2) is 53.3 Å². The quantitative estimate of drug-likeness (QED) is 0.441. The van der Waals surface area contributed by atoms with Crippen LogP contribution in [0, 0.1) is 0 Å². The van der Waals surface area contributed by atoms with Gasteiger partial charge < -0.3 is 10.1 Å². The SMILES string of the molecule is COc1ccc2nc3nc(NCc4ccc(CN5CCC(=O)CC5)cc4)[nH]c(=O)c3cc2c1. The summed E-state index contributed by atoms with van der Waals surface area (Å²) in [5.74, 6) is 1.45. The Morgan fingerprint density at radius 3 is 2.52 bits per heavy atom. The number of benzene rings is 2. The highest BCUT2D eigenvalue weighted by molar-refractivity contribution is 5.91. The van der Waals surface area contributed by atoms with Gasteiger partial charge >= 0.3 is 0 Å². The molecule has 33 heavy (non-hydrogen) atoms. The van der Waals surface area contributed by atoms with Crippen molar-refractivity contribution in [2.75, 3.05) is 25.5 Å². The Morgan fingerprint density at radius 2 is 1.76 bits per heavy atom. The van der Waals surface area contributed by atoms with E-state index in [1.54, 1.807) is 13.2 Å². The molecule has 3 heterocycles. The van der Waals surface area contributed by atoms with Crippen LogP contribution in [0.2, 0.25) is 0 Å². The molecule has 4 aromatic rings. The number of aromatic nitrogens is 3. The largest absolute Gasteiger partial charge is 0.497 e. The van der Waals surface area contributed by atoms with Crippen molar-refractivity contribution in [3.8, 4) is 5.75 Å². The number of pyridine rings is 1. The maximum Gasteiger partial charge on any atom is 0.261 e. The van der Waals surface area contributed by atoms with E-state index in [0.29, 0.717) is 47.9 Å². The Balaban J connectivity index is 1.28. The fourth-order valence-electron chi connectivity index (χ4n) is 4.08. The number of Topliss-reactive ketones (excluding diaryl/α,β-unsaturated/α-hetero) is 1. The topological polar surface area (TPSA) is 100 Å². The molecular formula is C25H25N5O3. The summed E-state index contributed by atoms with van der Waals surface area (Å²) in [4.78, 5) is 38.2. The van der Waals surface area contributed by atoms with Crippen molar-refractivity contribution < 1.29 is 9.53 Å². The van der Waals surface area contributed by atoms with E-state index >= 15 is 0 Å². The Morgan fingerprint density at radius 1 is 1.00 bits per heavy atom. The van der Waals surface area contributed by atoms with E-state index < -0.39 is 0 Å². The fraction of sp³-hybridized carbons (Fsp3) is 0.280. The Bertz CT molecular complexity index is 1370. The minimum Gasteiger partial charge on any atom is -0.497 e. The van der Waals surface area contributed by atoms with Gasteiger partial charge in [-0.3, -0.25) is 19.5 Å². The Labute approximate surface area is 190 Å². The van der Waals surface area contributed by atoms with Gasteiger partial charge in [-0.2, -0.15) is 4.98 Å². The van der Waals surface area contributed by atoms with Crippen LogP contribution >= 0.6 is 0 Å². The molecule has 2 aromatic heterocycles. The van der Waals surface area contributed by atoms with Gasteiger partial charge in [0.1, 0.15) is 11.5 Å². The molecule has 0 aliphatic carbocycles. The summed E-state index contributed by atoms with van der Waals surface area (Å²) >= 11 is 0. The second-order valence-electron chi connectivity index (χ2n) is 8.32. The first-order valence-corrected chi connectivity index (χ1v) is 11.0. The van der Waals surface area contributed by atoms with E-state index in [1.807, 2.05) is 18.2 Å². The highest BCUT2D eigenvalue weighted by Gasteiger charge is 2.16. The smallest absolute Gasteiger partial charge is 0.261 e. The summed E-state index contributed by atoms with van der Waals surface area (Å²) in [6.45, 7) is 3.05. The standard InChI is InChI=1S/C25H25N5O3/c1-33-20-6-7-22-18(12-20)13-21-23(27-22)28-25(29-24(21)32)26-14-16-2-4-17(5-3-16)15-30-10-8-19(31)9-11-30/h2-7,12-13H,8-11,14-15H2,1H3,(H2,26,27,28,29,32). The first-order chi connectivity index (χ1) is 16.1. The van der Waals surface area contributed by atoms with Crippen molar-refractivity contribution in [1.29, 1.82) is 0 Å². The molecule has 1 fully saturated rings. The molecule has 2 aromatic carbocycles. The second kappa shape index (κ2) is 8.99. The summed E-state index contributed by atoms with van der Waals surface area (Å²) in [6.07, 6.45) is 1.30. The lowest BCUT2D eigenvalue weighted by Crippen LogP contribution is -2.33. The van der Waals surface area contributed by atoms with Crippen molar-refractivity contribution in [3.63, 3.8) is 0 Å². The molecule has 1 saturated heterocycles. The zero-order chi connectivity index (χ0) is 22.8. The minimum atomic E-state index is -0.241. The van der Waals surface area contributed by atoms with Gasteiger partial charge in [0.25, 0.3) is 5.56 Å². The molecule has 0 amide bonds. The average Bonchev–Trinajstić information content (AvgIpc) is 2.84. The predicted molar refractivity (Wildman–Crippen MR) is 128 cm³/mol. The lowest BCUT2D eigenvalue weighted by Gasteiger charge is -2.25. The van der Waals surface area contributed by atoms with Crippen LogP contribution in [-0.2, 0) is 17.9 Å². The number of rotatable bonds is 6. The normalized spacial score (nSPS) is 14.6. The first-order valence-electron chi connectivity index (χ1n) is 11.0. The molecule has 1 aliphatic rings. The van der Waals surface area contributed by atoms with E-state index in [0.717, 1.165) is 36.1 Å². The molecular weight excluding hydrogens is 418 g/mol. The van der Waals surface area contributed by atoms with Gasteiger partial charge in [-0.25, -0.2) is 4.98 Å². The number of nitrogens with zero attached hydrogens (tertiary/aromatic N) is 3. The number of piperidine rings is 1. The second-order valence-corrected chi connectivity index (χ2v) is 8.32. The number of H-pyrrole nitrogens is 1. The van der Waals surface area contributed by atoms with Crippen LogP contribution in [0.5, 0.6) is 5.75 Å². The van der Waals surface area contributed by atoms with Crippen molar-refractivity contribution in [2.24, 2.45) is 0 Å². The van der Waals surface area contributed by atoms with Crippen LogP contribution in [0.4, 0.5) is 5.95 Å². The van der Waals surface area contributed by atoms with Crippen molar-refractivity contribution in [3.05, 3.63) is 70.0 Å². The van der Waals surface area contributed by atoms with Gasteiger partial charge in [-0.05, 0) is 35.4 Å². The molecule has 0 unspecified atom stereocenters. The number of carbonyl (C=O) groups excluding carboxylic acids is 1.